The van der Waals surface area contributed by atoms with Crippen molar-refractivity contribution in [1.29, 1.82) is 0 Å². The van der Waals surface area contributed by atoms with Crippen molar-refractivity contribution in [1.82, 2.24) is 4.58 Å². The summed E-state index contributed by atoms with van der Waals surface area (Å²) in [6.45, 7) is 5.75. The molecule has 17 heteroatoms. The summed E-state index contributed by atoms with van der Waals surface area (Å²) in [4.78, 5) is 71.6. The maximum absolute atomic E-state index is 13.9. The fraction of sp³-hybridized carbons (Fsp3) is 0.323. The summed E-state index contributed by atoms with van der Waals surface area (Å²) in [5, 5.41) is 1.78. The Morgan fingerprint density at radius 3 is 1.62 bits per heavy atom. The van der Waals surface area contributed by atoms with Crippen molar-refractivity contribution in [3.8, 4) is 33.9 Å². The van der Waals surface area contributed by atoms with E-state index in [1.54, 1.807) is 56.9 Å². The third-order valence-electron chi connectivity index (χ3n) is 12.6. The first-order valence-electron chi connectivity index (χ1n) is 26.3. The number of nitrogens with zero attached hydrogens (tertiary/aromatic N) is 4. The molecule has 0 unspecified atom stereocenters. The van der Waals surface area contributed by atoms with E-state index >= 15 is 0 Å². The van der Waals surface area contributed by atoms with Gasteiger partial charge in [-0.05, 0) is 92.4 Å². The highest BCUT2D eigenvalue weighted by atomic mass is 16.6. The van der Waals surface area contributed by atoms with Crippen LogP contribution in [0, 0.1) is 0 Å². The number of carbonyl (C=O) groups excluding carboxylic acids is 5. The molecule has 0 spiro atoms. The number of rotatable bonds is 26. The third kappa shape index (κ3) is 15.4. The van der Waals surface area contributed by atoms with Crippen molar-refractivity contribution in [3.63, 3.8) is 0 Å². The van der Waals surface area contributed by atoms with E-state index in [0.717, 1.165) is 44.2 Å². The fourth-order valence-electron chi connectivity index (χ4n) is 8.95. The van der Waals surface area contributed by atoms with Crippen LogP contribution in [0.1, 0.15) is 50.5 Å². The second-order valence-electron chi connectivity index (χ2n) is 18.6. The molecule has 0 amide bonds. The Bertz CT molecular complexity index is 3190. The fourth-order valence-corrected chi connectivity index (χ4v) is 8.95. The number of ether oxygens (including phenoxy) is 7. The SMILES string of the molecule is CCOC(=O)CN(CC(=O)OCC)c1ccc(-c2c3ccc(=[N+](C)C)cc-3oc3cc(N(C)C)ccc23)cc1OCCOc1ccc(CC(=O)OC(c2ccccc2)c2ccccc2)cc1N(CC(=O)OCC)CC(=O)OCC. The van der Waals surface area contributed by atoms with Crippen LogP contribution in [0.3, 0.4) is 0 Å². The molecule has 7 rings (SSSR count). The van der Waals surface area contributed by atoms with Gasteiger partial charge < -0.3 is 52.3 Å². The highest BCUT2D eigenvalue weighted by molar-refractivity contribution is 6.03. The van der Waals surface area contributed by atoms with Gasteiger partial charge in [0.25, 0.3) is 0 Å². The van der Waals surface area contributed by atoms with Gasteiger partial charge in [-0.3, -0.25) is 24.0 Å². The van der Waals surface area contributed by atoms with Crippen LogP contribution in [0.2, 0.25) is 0 Å². The number of benzene rings is 6. The monoisotopic (exact) mass is 1080 g/mol. The summed E-state index contributed by atoms with van der Waals surface area (Å²) in [5.74, 6) is -1.65. The number of hydrogen-bond acceptors (Lipinski definition) is 16. The predicted octanol–water partition coefficient (Wildman–Crippen LogP) is 8.50. The molecular weight excluding hydrogens is 1010 g/mol. The molecule has 1 aliphatic heterocycles. The third-order valence-corrected chi connectivity index (χ3v) is 12.6. The first-order valence-corrected chi connectivity index (χ1v) is 26.3. The molecule has 0 radical (unpaired) electrons. The zero-order valence-electron chi connectivity index (χ0n) is 46.2. The quantitative estimate of drug-likeness (QED) is 0.0166. The number of fused-ring (bicyclic) bond motifs is 2. The lowest BCUT2D eigenvalue weighted by Crippen LogP contribution is -2.36. The Hall–Kier alpha value is -8.86. The lowest BCUT2D eigenvalue weighted by atomic mass is 9.93. The summed E-state index contributed by atoms with van der Waals surface area (Å²) in [6.07, 6.45) is -0.848. The first kappa shape index (κ1) is 57.8. The minimum atomic E-state index is -0.681. The standard InChI is InChI=1S/C62H69N4O13/c1-9-72-57(68)38-65(39-58(69)73-10-2)50-29-24-45(61-48-27-25-46(63(5)6)36-53(48)78-54-37-47(64(7)8)26-28-49(54)61)35-55(50)77-32-31-76-52-30-23-42(33-51(52)66(40-59(70)74-11-3)41-60(71)75-12-4)34-56(67)79-62(43-19-15-13-16-20-43)44-21-17-14-18-22-44/h13-30,33,35-37,62H,9-12,31-32,34,38-41H2,1-8H3/q+1. The van der Waals surface area contributed by atoms with Gasteiger partial charge in [-0.15, -0.1) is 0 Å². The molecule has 0 atom stereocenters. The van der Waals surface area contributed by atoms with Gasteiger partial charge in [0.05, 0.1) is 50.3 Å². The Kier molecular flexibility index (Phi) is 20.5. The van der Waals surface area contributed by atoms with Crippen LogP contribution < -0.4 is 34.1 Å². The van der Waals surface area contributed by atoms with Gasteiger partial charge in [0.1, 0.15) is 76.3 Å². The molecule has 5 aromatic carbocycles. The Labute approximate surface area is 460 Å². The van der Waals surface area contributed by atoms with E-state index in [1.165, 1.54) is 4.90 Å². The minimum Gasteiger partial charge on any atom is -0.488 e. The van der Waals surface area contributed by atoms with Crippen molar-refractivity contribution in [2.45, 2.75) is 40.2 Å². The molecule has 2 aliphatic rings. The number of anilines is 3. The maximum Gasteiger partial charge on any atom is 0.325 e. The van der Waals surface area contributed by atoms with Crippen molar-refractivity contribution in [2.75, 3.05) is 109 Å². The van der Waals surface area contributed by atoms with Crippen LogP contribution in [-0.4, -0.2) is 124 Å². The topological polar surface area (TPSA) is 176 Å². The highest BCUT2D eigenvalue weighted by Gasteiger charge is 2.27. The highest BCUT2D eigenvalue weighted by Crippen LogP contribution is 2.44. The molecule has 1 aliphatic carbocycles. The summed E-state index contributed by atoms with van der Waals surface area (Å²) >= 11 is 0. The summed E-state index contributed by atoms with van der Waals surface area (Å²) in [6, 6.07) is 41.5. The molecule has 5 aromatic rings. The van der Waals surface area contributed by atoms with E-state index < -0.39 is 36.0 Å². The summed E-state index contributed by atoms with van der Waals surface area (Å²) in [7, 11) is 7.85. The van der Waals surface area contributed by atoms with Gasteiger partial charge in [0.15, 0.2) is 6.10 Å². The van der Waals surface area contributed by atoms with Gasteiger partial charge >= 0.3 is 29.8 Å². The van der Waals surface area contributed by atoms with Crippen LogP contribution in [0.5, 0.6) is 11.5 Å². The van der Waals surface area contributed by atoms with Crippen LogP contribution in [0.15, 0.2) is 138 Å². The first-order chi connectivity index (χ1) is 38.2. The molecular formula is C62H69N4O13+. The van der Waals surface area contributed by atoms with E-state index in [0.29, 0.717) is 34.0 Å². The molecule has 0 saturated heterocycles. The predicted molar refractivity (Wildman–Crippen MR) is 303 cm³/mol. The van der Waals surface area contributed by atoms with E-state index in [9.17, 15) is 24.0 Å². The van der Waals surface area contributed by atoms with Crippen molar-refractivity contribution < 1.29 is 61.5 Å². The normalized spacial score (nSPS) is 10.9. The Balaban J connectivity index is 1.27. The maximum atomic E-state index is 13.9. The molecule has 17 nitrogen and oxygen atoms in total. The van der Waals surface area contributed by atoms with Gasteiger partial charge in [0, 0.05) is 48.4 Å². The molecule has 0 bridgehead atoms. The number of esters is 5. The molecule has 79 heavy (non-hydrogen) atoms. The van der Waals surface area contributed by atoms with Gasteiger partial charge in [-0.25, -0.2) is 4.58 Å². The largest absolute Gasteiger partial charge is 0.488 e. The molecule has 414 valence electrons. The Morgan fingerprint density at radius 1 is 0.544 bits per heavy atom. The van der Waals surface area contributed by atoms with E-state index in [4.69, 9.17) is 37.6 Å². The van der Waals surface area contributed by atoms with Crippen molar-refractivity contribution in [2.24, 2.45) is 0 Å². The van der Waals surface area contributed by atoms with Crippen LogP contribution in [-0.2, 0) is 54.1 Å². The molecule has 0 fully saturated rings. The zero-order chi connectivity index (χ0) is 56.4. The van der Waals surface area contributed by atoms with E-state index in [1.807, 2.05) is 147 Å². The lowest BCUT2D eigenvalue weighted by Gasteiger charge is -2.27. The van der Waals surface area contributed by atoms with Crippen LogP contribution in [0.4, 0.5) is 17.1 Å². The van der Waals surface area contributed by atoms with Crippen LogP contribution in [0.25, 0.3) is 33.4 Å². The average Bonchev–Trinajstić information content (AvgIpc) is 3.64. The van der Waals surface area contributed by atoms with Crippen LogP contribution >= 0.6 is 0 Å². The van der Waals surface area contributed by atoms with E-state index in [-0.39, 0.29) is 78.0 Å². The van der Waals surface area contributed by atoms with Crippen molar-refractivity contribution >= 4 is 57.9 Å². The second-order valence-corrected chi connectivity index (χ2v) is 18.6. The minimum absolute atomic E-state index is 0.0866. The lowest BCUT2D eigenvalue weighted by molar-refractivity contribution is -0.147. The van der Waals surface area contributed by atoms with Gasteiger partial charge in [-0.2, -0.15) is 0 Å². The van der Waals surface area contributed by atoms with Crippen molar-refractivity contribution in [3.05, 3.63) is 156 Å². The summed E-state index contributed by atoms with van der Waals surface area (Å²) < 4.78 is 49.3. The molecule has 0 N–H and O–H groups in total. The summed E-state index contributed by atoms with van der Waals surface area (Å²) in [5.41, 5.74) is 6.83. The second kappa shape index (κ2) is 28.0. The smallest absolute Gasteiger partial charge is 0.325 e. The number of carbonyl (C=O) groups is 5. The zero-order valence-corrected chi connectivity index (χ0v) is 46.2. The van der Waals surface area contributed by atoms with Gasteiger partial charge in [-0.1, -0.05) is 72.8 Å². The molecule has 0 saturated carbocycles. The molecule has 1 heterocycles. The number of hydrogen-bond donors (Lipinski definition) is 0. The Morgan fingerprint density at radius 2 is 1.09 bits per heavy atom. The average molecular weight is 1080 g/mol. The van der Waals surface area contributed by atoms with E-state index in [2.05, 4.69) is 0 Å². The molecule has 0 aromatic heterocycles. The van der Waals surface area contributed by atoms with Gasteiger partial charge in [0.2, 0.25) is 5.36 Å².